The predicted octanol–water partition coefficient (Wildman–Crippen LogP) is 1.65. The highest BCUT2D eigenvalue weighted by atomic mass is 32.2. The number of carbonyl (C=O) groups excluding carboxylic acids is 1. The summed E-state index contributed by atoms with van der Waals surface area (Å²) in [5, 5.41) is 0. The molecule has 1 aromatic carbocycles. The average Bonchev–Trinajstić information content (AvgIpc) is 2.83. The zero-order valence-corrected chi connectivity index (χ0v) is 15.3. The number of morpholine rings is 1. The molecule has 3 rings (SSSR count). The van der Waals surface area contributed by atoms with E-state index in [2.05, 4.69) is 0 Å². The lowest BCUT2D eigenvalue weighted by Gasteiger charge is -2.37. The van der Waals surface area contributed by atoms with Gasteiger partial charge in [0.2, 0.25) is 10.0 Å². The Morgan fingerprint density at radius 1 is 1.21 bits per heavy atom. The third kappa shape index (κ3) is 3.02. The van der Waals surface area contributed by atoms with E-state index < -0.39 is 10.0 Å². The lowest BCUT2D eigenvalue weighted by molar-refractivity contribution is -0.0387. The summed E-state index contributed by atoms with van der Waals surface area (Å²) < 4.78 is 31.0. The van der Waals surface area contributed by atoms with Gasteiger partial charge < -0.3 is 9.64 Å². The number of fused-ring (bicyclic) bond motifs is 1. The van der Waals surface area contributed by atoms with Gasteiger partial charge in [0, 0.05) is 18.2 Å². The zero-order valence-electron chi connectivity index (χ0n) is 14.5. The van der Waals surface area contributed by atoms with Crippen LogP contribution in [0.3, 0.4) is 0 Å². The van der Waals surface area contributed by atoms with Crippen molar-refractivity contribution in [2.24, 2.45) is 0 Å². The predicted molar refractivity (Wildman–Crippen MR) is 92.8 cm³/mol. The highest BCUT2D eigenvalue weighted by Gasteiger charge is 2.34. The van der Waals surface area contributed by atoms with Gasteiger partial charge in [0.05, 0.1) is 30.7 Å². The van der Waals surface area contributed by atoms with E-state index in [0.29, 0.717) is 30.8 Å². The monoisotopic (exact) mass is 352 g/mol. The minimum Gasteiger partial charge on any atom is -0.375 e. The summed E-state index contributed by atoms with van der Waals surface area (Å²) in [7, 11) is -3.31. The van der Waals surface area contributed by atoms with Gasteiger partial charge in [0.1, 0.15) is 0 Å². The Kier molecular flexibility index (Phi) is 4.34. The molecule has 1 fully saturated rings. The van der Waals surface area contributed by atoms with E-state index in [0.717, 1.165) is 5.56 Å². The minimum absolute atomic E-state index is 0.0223. The summed E-state index contributed by atoms with van der Waals surface area (Å²) in [6.07, 6.45) is 1.87. The second-order valence-corrected chi connectivity index (χ2v) is 8.77. The molecular weight excluding hydrogens is 328 g/mol. The van der Waals surface area contributed by atoms with Crippen LogP contribution in [0.1, 0.15) is 36.7 Å². The maximum Gasteiger partial charge on any atom is 0.254 e. The number of nitrogens with zero attached hydrogens (tertiary/aromatic N) is 2. The molecule has 24 heavy (non-hydrogen) atoms. The van der Waals surface area contributed by atoms with Crippen molar-refractivity contribution < 1.29 is 17.9 Å². The van der Waals surface area contributed by atoms with Gasteiger partial charge in [-0.2, -0.15) is 0 Å². The summed E-state index contributed by atoms with van der Waals surface area (Å²) in [6.45, 7) is 6.93. The zero-order chi connectivity index (χ0) is 17.6. The van der Waals surface area contributed by atoms with E-state index in [1.807, 2.05) is 31.7 Å². The van der Waals surface area contributed by atoms with Crippen LogP contribution in [0, 0.1) is 0 Å². The van der Waals surface area contributed by atoms with Gasteiger partial charge >= 0.3 is 0 Å². The maximum atomic E-state index is 12.9. The van der Waals surface area contributed by atoms with Crippen molar-refractivity contribution >= 4 is 21.6 Å². The first-order valence-electron chi connectivity index (χ1n) is 8.23. The van der Waals surface area contributed by atoms with Crippen LogP contribution in [0.25, 0.3) is 0 Å². The van der Waals surface area contributed by atoms with Crippen molar-refractivity contribution in [2.45, 2.75) is 45.4 Å². The highest BCUT2D eigenvalue weighted by Crippen LogP contribution is 2.35. The standard InChI is InChI=1S/C17H24N2O4S/c1-11-7-15-8-14(5-6-16(15)19(11)24(4,21)22)17(20)18-9-13(3)23-10-12(18)2/h5-6,8,11-13H,7,9-10H2,1-4H3. The van der Waals surface area contributed by atoms with Crippen molar-refractivity contribution in [3.8, 4) is 0 Å². The molecule has 0 N–H and O–H groups in total. The van der Waals surface area contributed by atoms with Gasteiger partial charge in [-0.15, -0.1) is 0 Å². The van der Waals surface area contributed by atoms with E-state index in [1.54, 1.807) is 12.1 Å². The Balaban J connectivity index is 1.90. The van der Waals surface area contributed by atoms with Gasteiger partial charge in [0.25, 0.3) is 5.91 Å². The molecule has 1 saturated heterocycles. The van der Waals surface area contributed by atoms with E-state index in [-0.39, 0.29) is 24.1 Å². The summed E-state index contributed by atoms with van der Waals surface area (Å²) in [5.74, 6) is -0.0223. The topological polar surface area (TPSA) is 66.9 Å². The minimum atomic E-state index is -3.31. The van der Waals surface area contributed by atoms with Crippen LogP contribution < -0.4 is 4.31 Å². The fourth-order valence-corrected chi connectivity index (χ4v) is 4.86. The Bertz CT molecular complexity index is 762. The first kappa shape index (κ1) is 17.2. The number of carbonyl (C=O) groups is 1. The van der Waals surface area contributed by atoms with Crippen LogP contribution in [0.2, 0.25) is 0 Å². The van der Waals surface area contributed by atoms with Crippen LogP contribution >= 0.6 is 0 Å². The van der Waals surface area contributed by atoms with Crippen LogP contribution in [0.15, 0.2) is 18.2 Å². The quantitative estimate of drug-likeness (QED) is 0.812. The first-order valence-corrected chi connectivity index (χ1v) is 10.1. The van der Waals surface area contributed by atoms with Crippen molar-refractivity contribution in [1.82, 2.24) is 4.90 Å². The summed E-state index contributed by atoms with van der Waals surface area (Å²) in [5.41, 5.74) is 2.20. The highest BCUT2D eigenvalue weighted by molar-refractivity contribution is 7.92. The van der Waals surface area contributed by atoms with Crippen molar-refractivity contribution in [3.63, 3.8) is 0 Å². The third-order valence-electron chi connectivity index (χ3n) is 4.71. The van der Waals surface area contributed by atoms with Crippen LogP contribution in [-0.2, 0) is 21.2 Å². The number of hydrogen-bond acceptors (Lipinski definition) is 4. The molecule has 0 aromatic heterocycles. The molecule has 1 aromatic rings. The van der Waals surface area contributed by atoms with Crippen molar-refractivity contribution in [3.05, 3.63) is 29.3 Å². The van der Waals surface area contributed by atoms with Crippen LogP contribution in [0.4, 0.5) is 5.69 Å². The second-order valence-electron chi connectivity index (χ2n) is 6.91. The first-order chi connectivity index (χ1) is 11.2. The Labute approximate surface area is 143 Å². The van der Waals surface area contributed by atoms with Crippen LogP contribution in [0.5, 0.6) is 0 Å². The second kappa shape index (κ2) is 6.04. The Morgan fingerprint density at radius 2 is 1.92 bits per heavy atom. The average molecular weight is 352 g/mol. The molecule has 132 valence electrons. The number of amides is 1. The maximum absolute atomic E-state index is 12.9. The summed E-state index contributed by atoms with van der Waals surface area (Å²) in [4.78, 5) is 14.7. The van der Waals surface area contributed by atoms with E-state index in [9.17, 15) is 13.2 Å². The molecule has 0 saturated carbocycles. The lowest BCUT2D eigenvalue weighted by atomic mass is 10.0. The Hall–Kier alpha value is -1.60. The Morgan fingerprint density at radius 3 is 2.58 bits per heavy atom. The fourth-order valence-electron chi connectivity index (χ4n) is 3.59. The van der Waals surface area contributed by atoms with Gasteiger partial charge in [-0.05, 0) is 51.0 Å². The van der Waals surface area contributed by atoms with Gasteiger partial charge in [-0.1, -0.05) is 0 Å². The molecule has 0 bridgehead atoms. The smallest absolute Gasteiger partial charge is 0.254 e. The number of ether oxygens (including phenoxy) is 1. The van der Waals surface area contributed by atoms with E-state index in [1.165, 1.54) is 10.6 Å². The normalized spacial score (nSPS) is 27.2. The molecule has 0 spiro atoms. The summed E-state index contributed by atoms with van der Waals surface area (Å²) in [6, 6.07) is 5.23. The van der Waals surface area contributed by atoms with E-state index in [4.69, 9.17) is 4.74 Å². The van der Waals surface area contributed by atoms with E-state index >= 15 is 0 Å². The summed E-state index contributed by atoms with van der Waals surface area (Å²) >= 11 is 0. The molecule has 2 aliphatic rings. The number of anilines is 1. The molecule has 1 amide bonds. The third-order valence-corrected chi connectivity index (χ3v) is 5.98. The van der Waals surface area contributed by atoms with Crippen molar-refractivity contribution in [1.29, 1.82) is 0 Å². The van der Waals surface area contributed by atoms with Crippen molar-refractivity contribution in [2.75, 3.05) is 23.7 Å². The molecule has 6 nitrogen and oxygen atoms in total. The molecule has 2 aliphatic heterocycles. The molecule has 2 heterocycles. The molecule has 0 radical (unpaired) electrons. The molecular formula is C17H24N2O4S. The van der Waals surface area contributed by atoms with Gasteiger partial charge in [-0.25, -0.2) is 8.42 Å². The lowest BCUT2D eigenvalue weighted by Crippen LogP contribution is -2.50. The van der Waals surface area contributed by atoms with Gasteiger partial charge in [0.15, 0.2) is 0 Å². The number of sulfonamides is 1. The van der Waals surface area contributed by atoms with Crippen LogP contribution in [-0.4, -0.2) is 56.8 Å². The fraction of sp³-hybridized carbons (Fsp3) is 0.588. The number of benzene rings is 1. The molecule has 0 aliphatic carbocycles. The SMILES string of the molecule is CC1CN(C(=O)c2ccc3c(c2)CC(C)N3S(C)(=O)=O)C(C)CO1. The molecule has 7 heteroatoms. The van der Waals surface area contributed by atoms with Gasteiger partial charge in [-0.3, -0.25) is 9.10 Å². The number of rotatable bonds is 2. The largest absolute Gasteiger partial charge is 0.375 e. The number of hydrogen-bond donors (Lipinski definition) is 0. The molecule has 3 atom stereocenters. The molecule has 3 unspecified atom stereocenters.